The lowest BCUT2D eigenvalue weighted by Crippen LogP contribution is -2.13. The van der Waals surface area contributed by atoms with Gasteiger partial charge in [-0.25, -0.2) is 8.42 Å². The van der Waals surface area contributed by atoms with Crippen LogP contribution < -0.4 is 10.5 Å². The van der Waals surface area contributed by atoms with Crippen molar-refractivity contribution < 1.29 is 8.42 Å². The average molecular weight is 337 g/mol. The van der Waals surface area contributed by atoms with Gasteiger partial charge in [-0.15, -0.1) is 11.3 Å². The molecule has 0 saturated heterocycles. The zero-order chi connectivity index (χ0) is 14.2. The first kappa shape index (κ1) is 14.5. The molecule has 0 spiro atoms. The van der Waals surface area contributed by atoms with E-state index in [-0.39, 0.29) is 9.23 Å². The van der Waals surface area contributed by atoms with Crippen LogP contribution in [-0.4, -0.2) is 8.42 Å². The summed E-state index contributed by atoms with van der Waals surface area (Å²) in [4.78, 5) is -0.0274. The van der Waals surface area contributed by atoms with Gasteiger partial charge in [0.15, 0.2) is 0 Å². The average Bonchev–Trinajstić information content (AvgIpc) is 2.63. The molecule has 2 rings (SSSR count). The molecule has 1 aromatic carbocycles. The van der Waals surface area contributed by atoms with E-state index in [0.29, 0.717) is 15.7 Å². The molecule has 0 fully saturated rings. The predicted molar refractivity (Wildman–Crippen MR) is 80.7 cm³/mol. The number of nitrogen functional groups attached to an aromatic ring is 1. The summed E-state index contributed by atoms with van der Waals surface area (Å²) in [5.74, 6) is 0. The highest BCUT2D eigenvalue weighted by Crippen LogP contribution is 2.35. The molecular formula is C11H10Cl2N2O2S2. The van der Waals surface area contributed by atoms with E-state index in [0.717, 1.165) is 16.9 Å². The van der Waals surface area contributed by atoms with Gasteiger partial charge >= 0.3 is 0 Å². The first-order chi connectivity index (χ1) is 8.79. The number of nitrogens with two attached hydrogens (primary N) is 1. The van der Waals surface area contributed by atoms with Crippen LogP contribution in [0.3, 0.4) is 0 Å². The highest BCUT2D eigenvalue weighted by Gasteiger charge is 2.21. The lowest BCUT2D eigenvalue weighted by molar-refractivity contribution is 0.601. The Balaban J connectivity index is 2.39. The number of benzene rings is 1. The largest absolute Gasteiger partial charge is 0.399 e. The second-order valence-corrected chi connectivity index (χ2v) is 7.80. The number of rotatable bonds is 3. The molecule has 1 heterocycles. The van der Waals surface area contributed by atoms with E-state index in [1.807, 2.05) is 0 Å². The van der Waals surface area contributed by atoms with E-state index in [4.69, 9.17) is 28.9 Å². The van der Waals surface area contributed by atoms with Crippen molar-refractivity contribution in [2.45, 2.75) is 11.8 Å². The molecule has 0 radical (unpaired) electrons. The van der Waals surface area contributed by atoms with E-state index in [1.54, 1.807) is 25.1 Å². The third kappa shape index (κ3) is 3.14. The molecule has 0 unspecified atom stereocenters. The van der Waals surface area contributed by atoms with Gasteiger partial charge in [0.25, 0.3) is 10.0 Å². The number of sulfonamides is 1. The Kier molecular flexibility index (Phi) is 3.96. The minimum absolute atomic E-state index is 0.0274. The molecule has 0 aliphatic carbocycles. The number of nitrogens with one attached hydrogen (secondary N) is 1. The van der Waals surface area contributed by atoms with E-state index >= 15 is 0 Å². The van der Waals surface area contributed by atoms with Gasteiger partial charge in [0.05, 0.1) is 10.0 Å². The zero-order valence-electron chi connectivity index (χ0n) is 9.78. The third-order valence-corrected chi connectivity index (χ3v) is 5.53. The minimum Gasteiger partial charge on any atom is -0.399 e. The number of hydrogen-bond acceptors (Lipinski definition) is 4. The molecule has 4 nitrogen and oxygen atoms in total. The van der Waals surface area contributed by atoms with Crippen LogP contribution >= 0.6 is 34.5 Å². The van der Waals surface area contributed by atoms with Crippen molar-refractivity contribution in [2.75, 3.05) is 10.5 Å². The van der Waals surface area contributed by atoms with Crippen LogP contribution in [-0.2, 0) is 10.0 Å². The number of hydrogen-bond donors (Lipinski definition) is 2. The number of halogens is 2. The maximum Gasteiger partial charge on any atom is 0.264 e. The van der Waals surface area contributed by atoms with Gasteiger partial charge in [-0.2, -0.15) is 0 Å². The molecule has 8 heteroatoms. The molecule has 0 amide bonds. The maximum atomic E-state index is 12.2. The Morgan fingerprint density at radius 2 is 1.95 bits per heavy atom. The molecule has 0 bridgehead atoms. The fourth-order valence-electron chi connectivity index (χ4n) is 1.51. The van der Waals surface area contributed by atoms with Gasteiger partial charge in [-0.1, -0.05) is 23.2 Å². The molecule has 0 aliphatic heterocycles. The number of aryl methyl sites for hydroxylation is 1. The molecule has 0 saturated carbocycles. The molecule has 3 N–H and O–H groups in total. The third-order valence-electron chi connectivity index (χ3n) is 2.41. The summed E-state index contributed by atoms with van der Waals surface area (Å²) < 4.78 is 27.3. The van der Waals surface area contributed by atoms with Gasteiger partial charge < -0.3 is 5.73 Å². The van der Waals surface area contributed by atoms with Crippen molar-refractivity contribution in [2.24, 2.45) is 0 Å². The Morgan fingerprint density at radius 1 is 1.26 bits per heavy atom. The molecule has 0 aliphatic rings. The summed E-state index contributed by atoms with van der Waals surface area (Å²) in [5.41, 5.74) is 7.36. The van der Waals surface area contributed by atoms with Crippen LogP contribution in [0, 0.1) is 6.92 Å². The van der Waals surface area contributed by atoms with Crippen molar-refractivity contribution in [1.82, 2.24) is 0 Å². The highest BCUT2D eigenvalue weighted by atomic mass is 35.5. The Bertz CT molecular complexity index is 726. The van der Waals surface area contributed by atoms with Crippen LogP contribution in [0.2, 0.25) is 8.67 Å². The fourth-order valence-corrected chi connectivity index (χ4v) is 4.79. The van der Waals surface area contributed by atoms with Crippen LogP contribution in [0.4, 0.5) is 11.4 Å². The molecule has 0 atom stereocenters. The van der Waals surface area contributed by atoms with E-state index in [1.165, 1.54) is 6.07 Å². The highest BCUT2D eigenvalue weighted by molar-refractivity contribution is 7.93. The van der Waals surface area contributed by atoms with Crippen molar-refractivity contribution in [1.29, 1.82) is 0 Å². The monoisotopic (exact) mass is 336 g/mol. The topological polar surface area (TPSA) is 72.2 Å². The minimum atomic E-state index is -3.76. The lowest BCUT2D eigenvalue weighted by Gasteiger charge is -2.10. The smallest absolute Gasteiger partial charge is 0.264 e. The van der Waals surface area contributed by atoms with Crippen molar-refractivity contribution in [3.63, 3.8) is 0 Å². The van der Waals surface area contributed by atoms with Gasteiger partial charge in [0.2, 0.25) is 0 Å². The second kappa shape index (κ2) is 5.20. The van der Waals surface area contributed by atoms with Gasteiger partial charge in [-0.05, 0) is 36.8 Å². The van der Waals surface area contributed by atoms with Crippen LogP contribution in [0.5, 0.6) is 0 Å². The van der Waals surface area contributed by atoms with Crippen molar-refractivity contribution >= 4 is 55.9 Å². The quantitative estimate of drug-likeness (QED) is 0.838. The zero-order valence-corrected chi connectivity index (χ0v) is 12.9. The first-order valence-corrected chi connectivity index (χ1v) is 8.19. The summed E-state index contributed by atoms with van der Waals surface area (Å²) >= 11 is 12.6. The maximum absolute atomic E-state index is 12.2. The predicted octanol–water partition coefficient (Wildman–Crippen LogP) is 3.75. The molecule has 2 aromatic rings. The van der Waals surface area contributed by atoms with Gasteiger partial charge in [-0.3, -0.25) is 4.72 Å². The summed E-state index contributed by atoms with van der Waals surface area (Å²) in [6, 6.07) is 6.22. The molecule has 19 heavy (non-hydrogen) atoms. The number of thiophene rings is 1. The lowest BCUT2D eigenvalue weighted by atomic mass is 10.2. The first-order valence-electron chi connectivity index (χ1n) is 5.13. The fraction of sp³-hybridized carbons (Fsp3) is 0.0909. The summed E-state index contributed by atoms with van der Waals surface area (Å²) in [6.45, 7) is 1.76. The van der Waals surface area contributed by atoms with Crippen molar-refractivity contribution in [3.8, 4) is 0 Å². The molecular weight excluding hydrogens is 327 g/mol. The molecule has 102 valence electrons. The summed E-state index contributed by atoms with van der Waals surface area (Å²) in [7, 11) is -3.76. The summed E-state index contributed by atoms with van der Waals surface area (Å²) in [5, 5.41) is 0. The summed E-state index contributed by atoms with van der Waals surface area (Å²) in [6.07, 6.45) is 0. The Hall–Kier alpha value is -0.950. The van der Waals surface area contributed by atoms with E-state index in [9.17, 15) is 8.42 Å². The molecule has 1 aromatic heterocycles. The second-order valence-electron chi connectivity index (χ2n) is 3.87. The standard InChI is InChI=1S/C11H10Cl2N2O2S2/c1-6-4-7(14)2-3-8(6)15-19(16,17)9-5-10(12)18-11(9)13/h2-5,15H,14H2,1H3. The Labute approximate surface area is 125 Å². The van der Waals surface area contributed by atoms with E-state index < -0.39 is 10.0 Å². The van der Waals surface area contributed by atoms with Gasteiger partial charge in [0.1, 0.15) is 9.23 Å². The van der Waals surface area contributed by atoms with Gasteiger partial charge in [0, 0.05) is 5.69 Å². The van der Waals surface area contributed by atoms with E-state index in [2.05, 4.69) is 4.72 Å². The Morgan fingerprint density at radius 3 is 2.47 bits per heavy atom. The van der Waals surface area contributed by atoms with Crippen LogP contribution in [0.15, 0.2) is 29.2 Å². The van der Waals surface area contributed by atoms with Crippen molar-refractivity contribution in [3.05, 3.63) is 38.5 Å². The van der Waals surface area contributed by atoms with Crippen LogP contribution in [0.25, 0.3) is 0 Å². The number of anilines is 2. The normalized spacial score (nSPS) is 11.5. The van der Waals surface area contributed by atoms with Crippen LogP contribution in [0.1, 0.15) is 5.56 Å². The SMILES string of the molecule is Cc1cc(N)ccc1NS(=O)(=O)c1cc(Cl)sc1Cl.